The Morgan fingerprint density at radius 1 is 1.25 bits per heavy atom. The van der Waals surface area contributed by atoms with E-state index in [1.54, 1.807) is 12.1 Å². The van der Waals surface area contributed by atoms with E-state index in [1.807, 2.05) is 0 Å². The second-order valence-corrected chi connectivity index (χ2v) is 7.72. The molecule has 5 nitrogen and oxygen atoms in total. The Labute approximate surface area is 165 Å². The van der Waals surface area contributed by atoms with E-state index in [1.165, 1.54) is 28.9 Å². The zero-order valence-corrected chi connectivity index (χ0v) is 16.0. The molecule has 1 fully saturated rings. The number of hydrogen-bond acceptors (Lipinski definition) is 3. The van der Waals surface area contributed by atoms with Crippen molar-refractivity contribution in [3.05, 3.63) is 59.4 Å². The lowest BCUT2D eigenvalue weighted by atomic mass is 9.97. The minimum absolute atomic E-state index is 0.284. The Morgan fingerprint density at radius 3 is 3.04 bits per heavy atom. The molecule has 2 aliphatic heterocycles. The van der Waals surface area contributed by atoms with Crippen LogP contribution in [0.25, 0.3) is 0 Å². The number of carbonyl (C=O) groups is 1. The Morgan fingerprint density at radius 2 is 2.14 bits per heavy atom. The van der Waals surface area contributed by atoms with Crippen molar-refractivity contribution >= 4 is 17.4 Å². The Bertz CT molecular complexity index is 841. The van der Waals surface area contributed by atoms with Crippen LogP contribution in [0.2, 0.25) is 0 Å². The maximum Gasteiger partial charge on any atom is 0.319 e. The number of para-hydroxylation sites is 1. The van der Waals surface area contributed by atoms with E-state index in [0.29, 0.717) is 18.2 Å². The minimum atomic E-state index is -0.359. The maximum atomic E-state index is 13.2. The van der Waals surface area contributed by atoms with E-state index in [4.69, 9.17) is 0 Å². The lowest BCUT2D eigenvalue weighted by Crippen LogP contribution is -2.41. The highest BCUT2D eigenvalue weighted by Gasteiger charge is 2.22. The number of nitrogens with zero attached hydrogens (tertiary/aromatic N) is 1. The largest absolute Gasteiger partial charge is 0.384 e. The molecule has 3 N–H and O–H groups in total. The summed E-state index contributed by atoms with van der Waals surface area (Å²) in [4.78, 5) is 14.6. The standard InChI is InChI=1S/C22H27FN4O/c23-19-7-2-8-20(12-19)26-22(28)25-13-16-4-3-11-27(14-16)15-18-6-1-5-17-9-10-24-21(17)18/h1-2,5-8,12,16,24H,3-4,9-11,13-15H2,(H2,25,26,28). The van der Waals surface area contributed by atoms with E-state index in [0.717, 1.165) is 45.4 Å². The molecule has 2 heterocycles. The average Bonchev–Trinajstić information content (AvgIpc) is 3.17. The van der Waals surface area contributed by atoms with Gasteiger partial charge in [-0.1, -0.05) is 24.3 Å². The number of amides is 2. The molecule has 1 saturated heterocycles. The molecule has 28 heavy (non-hydrogen) atoms. The lowest BCUT2D eigenvalue weighted by Gasteiger charge is -2.33. The van der Waals surface area contributed by atoms with Gasteiger partial charge in [0.05, 0.1) is 0 Å². The number of anilines is 2. The van der Waals surface area contributed by atoms with Crippen LogP contribution in [0, 0.1) is 11.7 Å². The van der Waals surface area contributed by atoms with Gasteiger partial charge in [-0.25, -0.2) is 9.18 Å². The van der Waals surface area contributed by atoms with Crippen molar-refractivity contribution < 1.29 is 9.18 Å². The van der Waals surface area contributed by atoms with Gasteiger partial charge in [-0.15, -0.1) is 0 Å². The summed E-state index contributed by atoms with van der Waals surface area (Å²) in [6.45, 7) is 4.67. The third-order valence-corrected chi connectivity index (χ3v) is 5.56. The van der Waals surface area contributed by atoms with Crippen LogP contribution in [0.1, 0.15) is 24.0 Å². The van der Waals surface area contributed by atoms with Crippen molar-refractivity contribution in [2.45, 2.75) is 25.8 Å². The van der Waals surface area contributed by atoms with Gasteiger partial charge >= 0.3 is 6.03 Å². The molecular formula is C22H27FN4O. The second-order valence-electron chi connectivity index (χ2n) is 7.72. The molecule has 2 aromatic rings. The predicted molar refractivity (Wildman–Crippen MR) is 110 cm³/mol. The zero-order chi connectivity index (χ0) is 19.3. The van der Waals surface area contributed by atoms with Gasteiger partial charge in [0.2, 0.25) is 0 Å². The number of carbonyl (C=O) groups excluding carboxylic acids is 1. The summed E-state index contributed by atoms with van der Waals surface area (Å²) in [6.07, 6.45) is 3.36. The van der Waals surface area contributed by atoms with E-state index in [2.05, 4.69) is 39.0 Å². The smallest absolute Gasteiger partial charge is 0.319 e. The van der Waals surface area contributed by atoms with Crippen LogP contribution in [0.15, 0.2) is 42.5 Å². The number of benzene rings is 2. The van der Waals surface area contributed by atoms with Gasteiger partial charge in [0.25, 0.3) is 0 Å². The lowest BCUT2D eigenvalue weighted by molar-refractivity contribution is 0.166. The molecule has 0 radical (unpaired) electrons. The topological polar surface area (TPSA) is 56.4 Å². The average molecular weight is 382 g/mol. The van der Waals surface area contributed by atoms with Crippen LogP contribution in [0.5, 0.6) is 0 Å². The van der Waals surface area contributed by atoms with E-state index >= 15 is 0 Å². The number of hydrogen-bond donors (Lipinski definition) is 3. The van der Waals surface area contributed by atoms with Crippen molar-refractivity contribution in [1.29, 1.82) is 0 Å². The van der Waals surface area contributed by atoms with Gasteiger partial charge in [-0.05, 0) is 61.1 Å². The molecular weight excluding hydrogens is 355 g/mol. The van der Waals surface area contributed by atoms with Gasteiger partial charge in [0.15, 0.2) is 0 Å². The first kappa shape index (κ1) is 18.7. The highest BCUT2D eigenvalue weighted by Crippen LogP contribution is 2.28. The monoisotopic (exact) mass is 382 g/mol. The maximum absolute atomic E-state index is 13.2. The van der Waals surface area contributed by atoms with Crippen molar-refractivity contribution in [3.63, 3.8) is 0 Å². The van der Waals surface area contributed by atoms with Gasteiger partial charge in [0, 0.05) is 37.6 Å². The number of piperidine rings is 1. The Kier molecular flexibility index (Phi) is 5.76. The molecule has 0 spiro atoms. The molecule has 2 amide bonds. The number of fused-ring (bicyclic) bond motifs is 1. The first-order chi connectivity index (χ1) is 13.7. The fourth-order valence-corrected chi connectivity index (χ4v) is 4.22. The number of urea groups is 1. The first-order valence-electron chi connectivity index (χ1n) is 10.0. The molecule has 1 unspecified atom stereocenters. The second kappa shape index (κ2) is 8.61. The van der Waals surface area contributed by atoms with Gasteiger partial charge in [-0.2, -0.15) is 0 Å². The van der Waals surface area contributed by atoms with Crippen molar-refractivity contribution in [2.24, 2.45) is 5.92 Å². The number of halogens is 1. The van der Waals surface area contributed by atoms with E-state index in [-0.39, 0.29) is 11.8 Å². The van der Waals surface area contributed by atoms with Crippen LogP contribution in [-0.4, -0.2) is 37.1 Å². The molecule has 2 aliphatic rings. The van der Waals surface area contributed by atoms with Crippen molar-refractivity contribution in [2.75, 3.05) is 36.8 Å². The van der Waals surface area contributed by atoms with Gasteiger partial charge < -0.3 is 16.0 Å². The third-order valence-electron chi connectivity index (χ3n) is 5.56. The third kappa shape index (κ3) is 4.62. The molecule has 4 rings (SSSR count). The summed E-state index contributed by atoms with van der Waals surface area (Å²) in [5.74, 6) is 0.0688. The van der Waals surface area contributed by atoms with Crippen molar-refractivity contribution in [1.82, 2.24) is 10.2 Å². The minimum Gasteiger partial charge on any atom is -0.384 e. The molecule has 6 heteroatoms. The molecule has 0 saturated carbocycles. The molecule has 148 valence electrons. The molecule has 0 aromatic heterocycles. The summed E-state index contributed by atoms with van der Waals surface area (Å²) in [7, 11) is 0. The van der Waals surface area contributed by atoms with Crippen LogP contribution in [-0.2, 0) is 13.0 Å². The molecule has 0 bridgehead atoms. The first-order valence-corrected chi connectivity index (χ1v) is 10.0. The van der Waals surface area contributed by atoms with Crippen LogP contribution < -0.4 is 16.0 Å². The highest BCUT2D eigenvalue weighted by molar-refractivity contribution is 5.89. The van der Waals surface area contributed by atoms with Crippen LogP contribution >= 0.6 is 0 Å². The van der Waals surface area contributed by atoms with E-state index in [9.17, 15) is 9.18 Å². The summed E-state index contributed by atoms with van der Waals surface area (Å²) < 4.78 is 13.2. The number of likely N-dealkylation sites (tertiary alicyclic amines) is 1. The van der Waals surface area contributed by atoms with Crippen LogP contribution in [0.3, 0.4) is 0 Å². The molecule has 2 aromatic carbocycles. The summed E-state index contributed by atoms with van der Waals surface area (Å²) in [6, 6.07) is 12.2. The quantitative estimate of drug-likeness (QED) is 0.737. The normalized spacial score (nSPS) is 19.0. The predicted octanol–water partition coefficient (Wildman–Crippen LogP) is 3.83. The Balaban J connectivity index is 1.27. The highest BCUT2D eigenvalue weighted by atomic mass is 19.1. The van der Waals surface area contributed by atoms with Crippen molar-refractivity contribution in [3.8, 4) is 0 Å². The number of rotatable bonds is 5. The molecule has 0 aliphatic carbocycles. The zero-order valence-electron chi connectivity index (χ0n) is 16.0. The summed E-state index contributed by atoms with van der Waals surface area (Å²) in [5, 5.41) is 9.14. The SMILES string of the molecule is O=C(NCC1CCCN(Cc2cccc3c2NCC3)C1)Nc1cccc(F)c1. The van der Waals surface area contributed by atoms with Crippen LogP contribution in [0.4, 0.5) is 20.6 Å². The summed E-state index contributed by atoms with van der Waals surface area (Å²) >= 11 is 0. The van der Waals surface area contributed by atoms with Gasteiger partial charge in [-0.3, -0.25) is 4.90 Å². The van der Waals surface area contributed by atoms with E-state index < -0.39 is 0 Å². The Hall–Kier alpha value is -2.60. The number of nitrogens with one attached hydrogen (secondary N) is 3. The fourth-order valence-electron chi connectivity index (χ4n) is 4.22. The fraction of sp³-hybridized carbons (Fsp3) is 0.409. The molecule has 1 atom stereocenters. The summed E-state index contributed by atoms with van der Waals surface area (Å²) in [5.41, 5.74) is 4.57. The van der Waals surface area contributed by atoms with Gasteiger partial charge in [0.1, 0.15) is 5.82 Å².